The van der Waals surface area contributed by atoms with Gasteiger partial charge in [0.2, 0.25) is 5.91 Å². The summed E-state index contributed by atoms with van der Waals surface area (Å²) in [7, 11) is 0. The van der Waals surface area contributed by atoms with E-state index in [2.05, 4.69) is 27.9 Å². The van der Waals surface area contributed by atoms with Crippen molar-refractivity contribution in [2.45, 2.75) is 49.8 Å². The van der Waals surface area contributed by atoms with E-state index in [4.69, 9.17) is 0 Å². The minimum absolute atomic E-state index is 0.0247. The summed E-state index contributed by atoms with van der Waals surface area (Å²) in [6.07, 6.45) is 3.87. The molecule has 1 aliphatic rings. The summed E-state index contributed by atoms with van der Waals surface area (Å²) in [5.74, 6) is 0.297. The van der Waals surface area contributed by atoms with E-state index in [0.717, 1.165) is 48.4 Å². The Morgan fingerprint density at radius 3 is 2.83 bits per heavy atom. The first kappa shape index (κ1) is 16.3. The van der Waals surface area contributed by atoms with Crippen LogP contribution in [-0.4, -0.2) is 38.5 Å². The normalized spacial score (nSPS) is 16.8. The molecule has 23 heavy (non-hydrogen) atoms. The predicted molar refractivity (Wildman–Crippen MR) is 92.6 cm³/mol. The Bertz CT molecular complexity index is 692. The molecule has 1 heterocycles. The van der Waals surface area contributed by atoms with Crippen LogP contribution in [0, 0.1) is 0 Å². The summed E-state index contributed by atoms with van der Waals surface area (Å²) in [4.78, 5) is 16.9. The summed E-state index contributed by atoms with van der Waals surface area (Å²) in [5, 5.41) is 13.5. The number of thioether (sulfide) groups is 1. The second kappa shape index (κ2) is 6.93. The SMILES string of the molecule is CCn1c(SCC(=O)NC2(CO)CCCC2)nc2ccccc21. The molecule has 0 saturated heterocycles. The molecule has 1 fully saturated rings. The molecule has 0 bridgehead atoms. The maximum Gasteiger partial charge on any atom is 0.230 e. The zero-order valence-corrected chi connectivity index (χ0v) is 14.2. The molecule has 124 valence electrons. The van der Waals surface area contributed by atoms with Gasteiger partial charge >= 0.3 is 0 Å². The van der Waals surface area contributed by atoms with Crippen molar-refractivity contribution in [1.29, 1.82) is 0 Å². The molecule has 0 aliphatic heterocycles. The van der Waals surface area contributed by atoms with Gasteiger partial charge in [0.15, 0.2) is 5.16 Å². The molecule has 1 amide bonds. The van der Waals surface area contributed by atoms with Gasteiger partial charge in [-0.15, -0.1) is 0 Å². The number of carbonyl (C=O) groups is 1. The zero-order chi connectivity index (χ0) is 16.3. The van der Waals surface area contributed by atoms with Crippen LogP contribution in [0.3, 0.4) is 0 Å². The number of nitrogens with one attached hydrogen (secondary N) is 1. The first-order chi connectivity index (χ1) is 11.2. The molecule has 5 nitrogen and oxygen atoms in total. The second-order valence-electron chi connectivity index (χ2n) is 6.11. The molecule has 0 spiro atoms. The lowest BCUT2D eigenvalue weighted by Gasteiger charge is -2.27. The van der Waals surface area contributed by atoms with Crippen molar-refractivity contribution in [3.8, 4) is 0 Å². The number of hydrogen-bond acceptors (Lipinski definition) is 4. The van der Waals surface area contributed by atoms with Crippen molar-refractivity contribution >= 4 is 28.7 Å². The number of carbonyl (C=O) groups excluding carboxylic acids is 1. The molecule has 1 aromatic carbocycles. The monoisotopic (exact) mass is 333 g/mol. The smallest absolute Gasteiger partial charge is 0.230 e. The van der Waals surface area contributed by atoms with Crippen molar-refractivity contribution in [2.24, 2.45) is 0 Å². The van der Waals surface area contributed by atoms with Gasteiger partial charge in [0, 0.05) is 6.54 Å². The van der Waals surface area contributed by atoms with Gasteiger partial charge in [-0.25, -0.2) is 4.98 Å². The number of amides is 1. The van der Waals surface area contributed by atoms with Crippen LogP contribution in [-0.2, 0) is 11.3 Å². The number of para-hydroxylation sites is 2. The van der Waals surface area contributed by atoms with Crippen LogP contribution in [0.1, 0.15) is 32.6 Å². The highest BCUT2D eigenvalue weighted by Gasteiger charge is 2.34. The van der Waals surface area contributed by atoms with E-state index in [-0.39, 0.29) is 12.5 Å². The van der Waals surface area contributed by atoms with Gasteiger partial charge in [0.05, 0.1) is 28.9 Å². The van der Waals surface area contributed by atoms with Crippen LogP contribution < -0.4 is 5.32 Å². The van der Waals surface area contributed by atoms with Crippen molar-refractivity contribution in [3.63, 3.8) is 0 Å². The number of benzene rings is 1. The second-order valence-corrected chi connectivity index (χ2v) is 7.05. The third-order valence-electron chi connectivity index (χ3n) is 4.54. The van der Waals surface area contributed by atoms with Gasteiger partial charge in [-0.1, -0.05) is 36.7 Å². The van der Waals surface area contributed by atoms with E-state index in [0.29, 0.717) is 5.75 Å². The molecule has 2 aromatic rings. The zero-order valence-electron chi connectivity index (χ0n) is 13.4. The number of aromatic nitrogens is 2. The minimum Gasteiger partial charge on any atom is -0.394 e. The van der Waals surface area contributed by atoms with Crippen molar-refractivity contribution in [2.75, 3.05) is 12.4 Å². The van der Waals surface area contributed by atoms with Gasteiger partial charge in [0.1, 0.15) is 0 Å². The summed E-state index contributed by atoms with van der Waals surface area (Å²) in [6.45, 7) is 2.93. The van der Waals surface area contributed by atoms with Gasteiger partial charge < -0.3 is 15.0 Å². The fourth-order valence-electron chi connectivity index (χ4n) is 3.31. The molecule has 0 radical (unpaired) electrons. The van der Waals surface area contributed by atoms with Crippen LogP contribution in [0.5, 0.6) is 0 Å². The molecule has 6 heteroatoms. The van der Waals surface area contributed by atoms with E-state index in [1.165, 1.54) is 11.8 Å². The lowest BCUT2D eigenvalue weighted by molar-refractivity contribution is -0.121. The third kappa shape index (κ3) is 3.38. The molecule has 0 atom stereocenters. The lowest BCUT2D eigenvalue weighted by Crippen LogP contribution is -2.49. The molecule has 1 aromatic heterocycles. The highest BCUT2D eigenvalue weighted by molar-refractivity contribution is 7.99. The average molecular weight is 333 g/mol. The number of aliphatic hydroxyl groups is 1. The van der Waals surface area contributed by atoms with Crippen LogP contribution in [0.2, 0.25) is 0 Å². The van der Waals surface area contributed by atoms with Crippen LogP contribution in [0.25, 0.3) is 11.0 Å². The van der Waals surface area contributed by atoms with E-state index in [1.54, 1.807) is 0 Å². The van der Waals surface area contributed by atoms with Crippen LogP contribution in [0.15, 0.2) is 29.4 Å². The molecule has 1 aliphatic carbocycles. The van der Waals surface area contributed by atoms with E-state index in [1.807, 2.05) is 18.2 Å². The average Bonchev–Trinajstić information content (AvgIpc) is 3.17. The minimum atomic E-state index is -0.400. The van der Waals surface area contributed by atoms with Crippen molar-refractivity contribution < 1.29 is 9.90 Å². The van der Waals surface area contributed by atoms with Gasteiger partial charge in [-0.2, -0.15) is 0 Å². The highest BCUT2D eigenvalue weighted by atomic mass is 32.2. The Morgan fingerprint density at radius 2 is 2.13 bits per heavy atom. The Morgan fingerprint density at radius 1 is 1.39 bits per heavy atom. The Labute approximate surface area is 140 Å². The maximum atomic E-state index is 12.3. The molecule has 1 saturated carbocycles. The Hall–Kier alpha value is -1.53. The van der Waals surface area contributed by atoms with Crippen molar-refractivity contribution in [3.05, 3.63) is 24.3 Å². The first-order valence-electron chi connectivity index (χ1n) is 8.17. The summed E-state index contributed by atoms with van der Waals surface area (Å²) in [6, 6.07) is 8.02. The fourth-order valence-corrected chi connectivity index (χ4v) is 4.18. The van der Waals surface area contributed by atoms with Gasteiger partial charge in [0.25, 0.3) is 0 Å². The predicted octanol–water partition coefficient (Wildman–Crippen LogP) is 2.57. The highest BCUT2D eigenvalue weighted by Crippen LogP contribution is 2.29. The Kier molecular flexibility index (Phi) is 4.92. The molecular weight excluding hydrogens is 310 g/mol. The quantitative estimate of drug-likeness (QED) is 0.797. The number of fused-ring (bicyclic) bond motifs is 1. The first-order valence-corrected chi connectivity index (χ1v) is 9.16. The van der Waals surface area contributed by atoms with Crippen LogP contribution in [0.4, 0.5) is 0 Å². The van der Waals surface area contributed by atoms with Crippen molar-refractivity contribution in [1.82, 2.24) is 14.9 Å². The van der Waals surface area contributed by atoms with E-state index >= 15 is 0 Å². The number of imidazole rings is 1. The molecule has 0 unspecified atom stereocenters. The lowest BCUT2D eigenvalue weighted by atomic mass is 9.99. The number of hydrogen-bond donors (Lipinski definition) is 2. The molecule has 3 rings (SSSR count). The molecular formula is C17H23N3O2S. The van der Waals surface area contributed by atoms with E-state index < -0.39 is 5.54 Å². The van der Waals surface area contributed by atoms with Crippen LogP contribution >= 0.6 is 11.8 Å². The topological polar surface area (TPSA) is 67.2 Å². The maximum absolute atomic E-state index is 12.3. The number of aryl methyl sites for hydroxylation is 1. The van der Waals surface area contributed by atoms with E-state index in [9.17, 15) is 9.90 Å². The number of aliphatic hydroxyl groups excluding tert-OH is 1. The molecule has 2 N–H and O–H groups in total. The standard InChI is InChI=1S/C17H23N3O2S/c1-2-20-14-8-4-3-7-13(14)18-16(20)23-11-15(22)19-17(12-21)9-5-6-10-17/h3-4,7-8,21H,2,5-6,9-12H2,1H3,(H,19,22). The summed E-state index contributed by atoms with van der Waals surface area (Å²) in [5.41, 5.74) is 1.66. The third-order valence-corrected chi connectivity index (χ3v) is 5.51. The largest absolute Gasteiger partial charge is 0.394 e. The van der Waals surface area contributed by atoms with Gasteiger partial charge in [-0.05, 0) is 31.9 Å². The number of nitrogens with zero attached hydrogens (tertiary/aromatic N) is 2. The summed E-state index contributed by atoms with van der Waals surface area (Å²) >= 11 is 1.46. The summed E-state index contributed by atoms with van der Waals surface area (Å²) < 4.78 is 2.13. The fraction of sp³-hybridized carbons (Fsp3) is 0.529. The Balaban J connectivity index is 1.67. The van der Waals surface area contributed by atoms with Gasteiger partial charge in [-0.3, -0.25) is 4.79 Å². The number of rotatable bonds is 6.